The summed E-state index contributed by atoms with van der Waals surface area (Å²) in [5, 5.41) is 27.5. The summed E-state index contributed by atoms with van der Waals surface area (Å²) in [6, 6.07) is -0.990. The van der Waals surface area contributed by atoms with Crippen LogP contribution in [0.4, 0.5) is 5.13 Å². The number of halogens is 1. The number of hydrogen-bond acceptors (Lipinski definition) is 11. The van der Waals surface area contributed by atoms with E-state index in [2.05, 4.69) is 31.4 Å². The normalized spacial score (nSPS) is 20.5. The number of amides is 2. The number of carboxylic acid groups (broad SMARTS) is 1. The van der Waals surface area contributed by atoms with Crippen molar-refractivity contribution < 1.29 is 29.4 Å². The van der Waals surface area contributed by atoms with Crippen LogP contribution in [0.15, 0.2) is 26.1 Å². The highest BCUT2D eigenvalue weighted by Gasteiger charge is 2.55. The predicted molar refractivity (Wildman–Crippen MR) is 127 cm³/mol. The molecule has 0 aliphatic carbocycles. The van der Waals surface area contributed by atoms with E-state index in [4.69, 9.17) is 10.5 Å². The summed E-state index contributed by atoms with van der Waals surface area (Å²) in [5.41, 5.74) is 6.30. The van der Waals surface area contributed by atoms with Crippen LogP contribution in [-0.2, 0) is 25.7 Å². The van der Waals surface area contributed by atoms with Crippen molar-refractivity contribution in [3.63, 3.8) is 0 Å². The van der Waals surface area contributed by atoms with E-state index in [1.165, 1.54) is 33.4 Å². The van der Waals surface area contributed by atoms with E-state index in [1.54, 1.807) is 7.11 Å². The number of aromatic nitrogens is 1. The maximum atomic E-state index is 12.9. The molecule has 15 heteroatoms. The second-order valence-corrected chi connectivity index (χ2v) is 10.6. The van der Waals surface area contributed by atoms with Gasteiger partial charge in [-0.2, -0.15) is 0 Å². The summed E-state index contributed by atoms with van der Waals surface area (Å²) in [6.07, 6.45) is 0. The molecule has 0 aromatic carbocycles. The molecule has 0 saturated carbocycles. The molecule has 11 nitrogen and oxygen atoms in total. The molecule has 2 atom stereocenters. The number of thiazole rings is 1. The molecule has 2 aliphatic rings. The van der Waals surface area contributed by atoms with Crippen molar-refractivity contribution >= 4 is 84.6 Å². The first kappa shape index (κ1) is 23.7. The Labute approximate surface area is 207 Å². The number of β-lactam (4-membered cyclic amide) rings is 1. The average Bonchev–Trinajstić information content (AvgIpc) is 3.37. The first-order valence-electron chi connectivity index (χ1n) is 9.19. The molecule has 0 radical (unpaired) electrons. The van der Waals surface area contributed by atoms with Crippen molar-refractivity contribution in [2.45, 2.75) is 18.0 Å². The zero-order chi connectivity index (χ0) is 23.9. The monoisotopic (exact) mass is 573 g/mol. The summed E-state index contributed by atoms with van der Waals surface area (Å²) in [5.74, 6) is -2.34. The van der Waals surface area contributed by atoms with Gasteiger partial charge in [-0.15, -0.1) is 34.4 Å². The van der Waals surface area contributed by atoms with Crippen molar-refractivity contribution in [1.82, 2.24) is 15.2 Å². The Bertz CT molecular complexity index is 1210. The number of aliphatic carboxylic acids is 1. The molecule has 2 aromatic heterocycles. The Morgan fingerprint density at radius 2 is 2.18 bits per heavy atom. The number of nitrogens with zero attached hydrogens (tertiary/aromatic N) is 3. The highest BCUT2D eigenvalue weighted by molar-refractivity contribution is 9.10. The number of anilines is 1. The predicted octanol–water partition coefficient (Wildman–Crippen LogP) is 1.77. The number of nitrogen functional groups attached to an aromatic ring is 1. The van der Waals surface area contributed by atoms with Gasteiger partial charge in [-0.05, 0) is 15.9 Å². The minimum Gasteiger partial charge on any atom is -0.477 e. The van der Waals surface area contributed by atoms with Crippen LogP contribution in [0, 0.1) is 0 Å². The molecule has 1 fully saturated rings. The highest BCUT2D eigenvalue weighted by atomic mass is 79.9. The number of oxime groups is 1. The molecule has 5 N–H and O–H groups in total. The second kappa shape index (κ2) is 9.42. The Morgan fingerprint density at radius 3 is 2.79 bits per heavy atom. The van der Waals surface area contributed by atoms with Gasteiger partial charge in [0.05, 0.1) is 6.61 Å². The number of nitrogens with one attached hydrogen (secondary N) is 1. The summed E-state index contributed by atoms with van der Waals surface area (Å²) in [6.45, 7) is 0.299. The van der Waals surface area contributed by atoms with E-state index in [0.717, 1.165) is 20.7 Å². The molecule has 174 valence electrons. The van der Waals surface area contributed by atoms with Crippen molar-refractivity contribution in [3.05, 3.63) is 37.1 Å². The van der Waals surface area contributed by atoms with Crippen molar-refractivity contribution in [2.75, 3.05) is 18.6 Å². The Morgan fingerprint density at radius 1 is 1.42 bits per heavy atom. The van der Waals surface area contributed by atoms with Gasteiger partial charge in [0.1, 0.15) is 22.8 Å². The molecule has 2 aliphatic heterocycles. The molecular weight excluding hydrogens is 558 g/mol. The fraction of sp³-hybridized carbons (Fsp3) is 0.278. The van der Waals surface area contributed by atoms with Gasteiger partial charge in [0.25, 0.3) is 11.8 Å². The number of methoxy groups -OCH3 is 1. The minimum atomic E-state index is -1.24. The molecule has 0 unspecified atom stereocenters. The van der Waals surface area contributed by atoms with Gasteiger partial charge in [-0.3, -0.25) is 14.5 Å². The van der Waals surface area contributed by atoms with E-state index >= 15 is 0 Å². The fourth-order valence-electron chi connectivity index (χ4n) is 3.55. The smallest absolute Gasteiger partial charge is 0.352 e. The molecule has 2 amide bonds. The first-order chi connectivity index (χ1) is 15.8. The lowest BCUT2D eigenvalue weighted by atomic mass is 9.99. The number of fused-ring (bicyclic) bond motifs is 1. The summed E-state index contributed by atoms with van der Waals surface area (Å²) in [7, 11) is 1.55. The van der Waals surface area contributed by atoms with E-state index in [9.17, 15) is 24.7 Å². The van der Waals surface area contributed by atoms with Gasteiger partial charge >= 0.3 is 5.97 Å². The number of nitrogens with two attached hydrogens (primary N) is 1. The molecule has 2 aromatic rings. The minimum absolute atomic E-state index is 0.0683. The number of hydrogen-bond donors (Lipinski definition) is 4. The molecule has 4 rings (SSSR count). The topological polar surface area (TPSA) is 167 Å². The van der Waals surface area contributed by atoms with E-state index in [-0.39, 0.29) is 16.5 Å². The number of carbonyl (C=O) groups excluding carboxylic acids is 2. The van der Waals surface area contributed by atoms with Crippen LogP contribution in [0.3, 0.4) is 0 Å². The zero-order valence-electron chi connectivity index (χ0n) is 16.8. The van der Waals surface area contributed by atoms with Crippen LogP contribution in [0.25, 0.3) is 5.57 Å². The van der Waals surface area contributed by atoms with Crippen LogP contribution >= 0.6 is 50.4 Å². The number of carbonyl (C=O) groups is 3. The lowest BCUT2D eigenvalue weighted by Gasteiger charge is -2.49. The molecule has 0 bridgehead atoms. The third kappa shape index (κ3) is 4.14. The number of thioether (sulfide) groups is 1. The average molecular weight is 574 g/mol. The molecular formula is C18H16BrN5O6S3. The van der Waals surface area contributed by atoms with Crippen molar-refractivity contribution in [2.24, 2.45) is 5.16 Å². The van der Waals surface area contributed by atoms with Crippen LogP contribution in [0.1, 0.15) is 16.1 Å². The van der Waals surface area contributed by atoms with Crippen LogP contribution in [0.5, 0.6) is 0 Å². The maximum absolute atomic E-state index is 12.9. The molecule has 4 heterocycles. The second-order valence-electron chi connectivity index (χ2n) is 6.83. The molecule has 1 saturated heterocycles. The Balaban J connectivity index is 1.61. The molecule has 33 heavy (non-hydrogen) atoms. The number of ether oxygens (including phenoxy) is 1. The summed E-state index contributed by atoms with van der Waals surface area (Å²) >= 11 is 7.28. The zero-order valence-corrected chi connectivity index (χ0v) is 20.8. The van der Waals surface area contributed by atoms with E-state index in [1.807, 2.05) is 5.38 Å². The van der Waals surface area contributed by atoms with Crippen molar-refractivity contribution in [1.29, 1.82) is 0 Å². The largest absolute Gasteiger partial charge is 0.477 e. The van der Waals surface area contributed by atoms with Crippen LogP contribution < -0.4 is 11.1 Å². The molecule has 0 spiro atoms. The number of carboxylic acids is 1. The number of thiophene rings is 1. The van der Waals surface area contributed by atoms with Crippen molar-refractivity contribution in [3.8, 4) is 0 Å². The van der Waals surface area contributed by atoms with Gasteiger partial charge < -0.3 is 26.1 Å². The van der Waals surface area contributed by atoms with E-state index < -0.39 is 34.9 Å². The SMILES string of the molecule is COCc1scc(Br)c1C1=C(C(=O)O)N2C(=O)[C@@H](NC(=O)/C(=N/O)c3csc(N)n3)[C@H]2SC1. The third-order valence-corrected chi connectivity index (χ3v) is 8.78. The van der Waals surface area contributed by atoms with Gasteiger partial charge in [0.15, 0.2) is 10.8 Å². The van der Waals surface area contributed by atoms with Gasteiger partial charge in [0.2, 0.25) is 0 Å². The van der Waals surface area contributed by atoms with Gasteiger partial charge in [-0.1, -0.05) is 5.16 Å². The quantitative estimate of drug-likeness (QED) is 0.167. The first-order valence-corrected chi connectivity index (χ1v) is 12.8. The Hall–Kier alpha value is -2.46. The summed E-state index contributed by atoms with van der Waals surface area (Å²) in [4.78, 5) is 43.7. The standard InChI is InChI=1S/C18H16BrN5O6S3/c1-30-2-9-10(7(19)4-31-9)6-3-32-16-12(15(26)24(16)13(6)17(27)28)22-14(25)11(23-29)8-5-33-18(20)21-8/h4-5,12,16,29H,2-3H2,1H3,(H2,20,21)(H,22,25)(H,27,28)/b23-11+/t12-,16-/m1/s1. The summed E-state index contributed by atoms with van der Waals surface area (Å²) < 4.78 is 5.94. The van der Waals surface area contributed by atoms with Crippen LogP contribution in [0.2, 0.25) is 0 Å². The lowest BCUT2D eigenvalue weighted by Crippen LogP contribution is -2.71. The third-order valence-electron chi connectivity index (χ3n) is 4.94. The van der Waals surface area contributed by atoms with E-state index in [0.29, 0.717) is 23.5 Å². The Kier molecular flexibility index (Phi) is 6.76. The van der Waals surface area contributed by atoms with Gasteiger partial charge in [0, 0.05) is 44.1 Å². The lowest BCUT2D eigenvalue weighted by molar-refractivity contribution is -0.149. The highest BCUT2D eigenvalue weighted by Crippen LogP contribution is 2.46. The fourth-order valence-corrected chi connectivity index (χ4v) is 7.25. The van der Waals surface area contributed by atoms with Crippen LogP contribution in [-0.4, -0.2) is 68.0 Å². The number of rotatable bonds is 7. The van der Waals surface area contributed by atoms with Gasteiger partial charge in [-0.25, -0.2) is 9.78 Å². The maximum Gasteiger partial charge on any atom is 0.352 e.